The van der Waals surface area contributed by atoms with E-state index in [1.54, 1.807) is 0 Å². The van der Waals surface area contributed by atoms with Crippen molar-refractivity contribution in [1.29, 1.82) is 0 Å². The van der Waals surface area contributed by atoms with Crippen molar-refractivity contribution in [3.05, 3.63) is 52.3 Å². The van der Waals surface area contributed by atoms with Crippen LogP contribution in [0.25, 0.3) is 5.69 Å². The first-order valence-electron chi connectivity index (χ1n) is 14.1. The SMILES string of the molecule is Cc1c(C(=O)NC2CCOCC2)cn(-c2cc(C(C)(C)C)cc(C3(C)CC3)c2)c1C(=O)N1CCCCC1. The number of nitrogens with zero attached hydrogens (tertiary/aromatic N) is 2. The van der Waals surface area contributed by atoms with Crippen LogP contribution in [0.2, 0.25) is 0 Å². The lowest BCUT2D eigenvalue weighted by atomic mass is 9.83. The quantitative estimate of drug-likeness (QED) is 0.570. The molecule has 200 valence electrons. The Morgan fingerprint density at radius 2 is 1.70 bits per heavy atom. The molecule has 6 heteroatoms. The average Bonchev–Trinajstić information content (AvgIpc) is 3.55. The molecule has 0 radical (unpaired) electrons. The highest BCUT2D eigenvalue weighted by Gasteiger charge is 2.40. The summed E-state index contributed by atoms with van der Waals surface area (Å²) in [5, 5.41) is 3.21. The van der Waals surface area contributed by atoms with E-state index in [1.165, 1.54) is 24.0 Å². The first-order valence-corrected chi connectivity index (χ1v) is 14.1. The minimum atomic E-state index is -0.0998. The van der Waals surface area contributed by atoms with Crippen LogP contribution in [0.1, 0.15) is 110 Å². The lowest BCUT2D eigenvalue weighted by Crippen LogP contribution is -2.39. The molecule has 37 heavy (non-hydrogen) atoms. The van der Waals surface area contributed by atoms with Crippen molar-refractivity contribution in [2.24, 2.45) is 0 Å². The maximum atomic E-state index is 14.0. The molecule has 3 aliphatic rings. The Morgan fingerprint density at radius 1 is 1.03 bits per heavy atom. The fourth-order valence-corrected chi connectivity index (χ4v) is 5.65. The van der Waals surface area contributed by atoms with Crippen molar-refractivity contribution in [3.8, 4) is 5.69 Å². The second kappa shape index (κ2) is 9.94. The van der Waals surface area contributed by atoms with Gasteiger partial charge in [0.25, 0.3) is 11.8 Å². The number of benzene rings is 1. The lowest BCUT2D eigenvalue weighted by molar-refractivity contribution is 0.0695. The Bertz CT molecular complexity index is 1150. The number of rotatable bonds is 5. The van der Waals surface area contributed by atoms with E-state index in [0.717, 1.165) is 56.4 Å². The summed E-state index contributed by atoms with van der Waals surface area (Å²) in [5.41, 5.74) is 5.69. The Hall–Kier alpha value is -2.60. The normalized spacial score (nSPS) is 20.1. The number of nitrogens with one attached hydrogen (secondary N) is 1. The fraction of sp³-hybridized carbons (Fsp3) is 0.613. The first-order chi connectivity index (χ1) is 17.6. The Labute approximate surface area is 221 Å². The Morgan fingerprint density at radius 3 is 2.32 bits per heavy atom. The van der Waals surface area contributed by atoms with Gasteiger partial charge in [-0.25, -0.2) is 0 Å². The molecule has 0 unspecified atom stereocenters. The van der Waals surface area contributed by atoms with Gasteiger partial charge in [-0.1, -0.05) is 33.8 Å². The van der Waals surface area contributed by atoms with Crippen molar-refractivity contribution in [2.75, 3.05) is 26.3 Å². The molecule has 1 N–H and O–H groups in total. The summed E-state index contributed by atoms with van der Waals surface area (Å²) in [6, 6.07) is 6.91. The van der Waals surface area contributed by atoms with Crippen LogP contribution in [0, 0.1) is 6.92 Å². The molecule has 1 saturated carbocycles. The molecule has 5 rings (SSSR count). The number of likely N-dealkylation sites (tertiary alicyclic amines) is 1. The summed E-state index contributed by atoms with van der Waals surface area (Å²) in [5.74, 6) is -0.0696. The molecule has 2 amide bonds. The third-order valence-corrected chi connectivity index (χ3v) is 8.66. The summed E-state index contributed by atoms with van der Waals surface area (Å²) < 4.78 is 7.48. The van der Waals surface area contributed by atoms with Crippen LogP contribution in [-0.2, 0) is 15.6 Å². The summed E-state index contributed by atoms with van der Waals surface area (Å²) in [4.78, 5) is 29.4. The third-order valence-electron chi connectivity index (χ3n) is 8.66. The van der Waals surface area contributed by atoms with Crippen LogP contribution >= 0.6 is 0 Å². The number of amides is 2. The summed E-state index contributed by atoms with van der Waals surface area (Å²) in [6.07, 6.45) is 9.14. The molecule has 1 aliphatic carbocycles. The molecule has 1 aromatic heterocycles. The van der Waals surface area contributed by atoms with Crippen LogP contribution in [0.15, 0.2) is 24.4 Å². The second-order valence-electron chi connectivity index (χ2n) is 12.7. The minimum absolute atomic E-state index is 0.0293. The van der Waals surface area contributed by atoms with Gasteiger partial charge in [-0.2, -0.15) is 0 Å². The standard InChI is InChI=1S/C31H43N3O3/c1-21-26(28(35)32-24-9-15-37-16-10-24)20-34(27(21)29(36)33-13-7-6-8-14-33)25-18-22(30(2,3)4)17-23(19-25)31(5)11-12-31/h17-20,24H,6-16H2,1-5H3,(H,32,35). The molecule has 2 saturated heterocycles. The van der Waals surface area contributed by atoms with E-state index in [2.05, 4.69) is 51.2 Å². The van der Waals surface area contributed by atoms with Crippen molar-refractivity contribution in [3.63, 3.8) is 0 Å². The van der Waals surface area contributed by atoms with E-state index in [4.69, 9.17) is 4.74 Å². The monoisotopic (exact) mass is 505 g/mol. The molecule has 3 fully saturated rings. The highest BCUT2D eigenvalue weighted by molar-refractivity contribution is 6.02. The Kier molecular flexibility index (Phi) is 6.99. The van der Waals surface area contributed by atoms with Crippen LogP contribution < -0.4 is 5.32 Å². The van der Waals surface area contributed by atoms with Gasteiger partial charge in [-0.15, -0.1) is 0 Å². The fourth-order valence-electron chi connectivity index (χ4n) is 5.65. The molecule has 2 aromatic rings. The van der Waals surface area contributed by atoms with Crippen LogP contribution in [0.5, 0.6) is 0 Å². The van der Waals surface area contributed by atoms with Gasteiger partial charge in [-0.05, 0) is 91.5 Å². The van der Waals surface area contributed by atoms with Crippen molar-refractivity contribution in [1.82, 2.24) is 14.8 Å². The van der Waals surface area contributed by atoms with Gasteiger partial charge < -0.3 is 19.5 Å². The van der Waals surface area contributed by atoms with Gasteiger partial charge in [0.15, 0.2) is 0 Å². The number of carbonyl (C=O) groups is 2. The summed E-state index contributed by atoms with van der Waals surface area (Å²) in [7, 11) is 0. The molecule has 0 spiro atoms. The maximum absolute atomic E-state index is 14.0. The van der Waals surface area contributed by atoms with Gasteiger partial charge >= 0.3 is 0 Å². The third kappa shape index (κ3) is 5.36. The van der Waals surface area contributed by atoms with Gasteiger partial charge in [-0.3, -0.25) is 9.59 Å². The zero-order valence-electron chi connectivity index (χ0n) is 23.3. The van der Waals surface area contributed by atoms with Gasteiger partial charge in [0, 0.05) is 44.2 Å². The van der Waals surface area contributed by atoms with Crippen molar-refractivity contribution in [2.45, 2.75) is 96.4 Å². The van der Waals surface area contributed by atoms with E-state index in [1.807, 2.05) is 22.6 Å². The molecule has 3 heterocycles. The predicted octanol–water partition coefficient (Wildman–Crippen LogP) is 5.67. The van der Waals surface area contributed by atoms with E-state index >= 15 is 0 Å². The molecule has 1 aromatic carbocycles. The average molecular weight is 506 g/mol. The zero-order valence-corrected chi connectivity index (χ0v) is 23.3. The zero-order chi connectivity index (χ0) is 26.4. The van der Waals surface area contributed by atoms with E-state index < -0.39 is 0 Å². The van der Waals surface area contributed by atoms with Crippen LogP contribution in [0.3, 0.4) is 0 Å². The number of ether oxygens (including phenoxy) is 1. The molecule has 6 nitrogen and oxygen atoms in total. The molecular formula is C31H43N3O3. The lowest BCUT2D eigenvalue weighted by Gasteiger charge is -2.28. The van der Waals surface area contributed by atoms with Crippen molar-refractivity contribution >= 4 is 11.8 Å². The van der Waals surface area contributed by atoms with Crippen molar-refractivity contribution < 1.29 is 14.3 Å². The van der Waals surface area contributed by atoms with E-state index in [0.29, 0.717) is 24.5 Å². The Balaban J connectivity index is 1.60. The van der Waals surface area contributed by atoms with Gasteiger partial charge in [0.1, 0.15) is 5.69 Å². The summed E-state index contributed by atoms with van der Waals surface area (Å²) >= 11 is 0. The molecular weight excluding hydrogens is 462 g/mol. The number of hydrogen-bond acceptors (Lipinski definition) is 3. The largest absolute Gasteiger partial charge is 0.381 e. The second-order valence-corrected chi connectivity index (χ2v) is 12.7. The number of piperidine rings is 1. The first kappa shape index (κ1) is 26.0. The maximum Gasteiger partial charge on any atom is 0.271 e. The van der Waals surface area contributed by atoms with Gasteiger partial charge in [0.05, 0.1) is 5.56 Å². The number of hydrogen-bond donors (Lipinski definition) is 1. The molecule has 0 bridgehead atoms. The highest BCUT2D eigenvalue weighted by Crippen LogP contribution is 2.49. The predicted molar refractivity (Wildman–Crippen MR) is 147 cm³/mol. The van der Waals surface area contributed by atoms with Crippen LogP contribution in [-0.4, -0.2) is 53.6 Å². The molecule has 0 atom stereocenters. The highest BCUT2D eigenvalue weighted by atomic mass is 16.5. The number of carbonyl (C=O) groups excluding carboxylic acids is 2. The topological polar surface area (TPSA) is 63.6 Å². The number of aromatic nitrogens is 1. The van der Waals surface area contributed by atoms with Gasteiger partial charge in [0.2, 0.25) is 0 Å². The summed E-state index contributed by atoms with van der Waals surface area (Å²) in [6.45, 7) is 13.9. The smallest absolute Gasteiger partial charge is 0.271 e. The van der Waals surface area contributed by atoms with E-state index in [-0.39, 0.29) is 28.7 Å². The molecule has 2 aliphatic heterocycles. The van der Waals surface area contributed by atoms with E-state index in [9.17, 15) is 9.59 Å². The van der Waals surface area contributed by atoms with Crippen LogP contribution in [0.4, 0.5) is 0 Å². The minimum Gasteiger partial charge on any atom is -0.381 e.